The lowest BCUT2D eigenvalue weighted by Crippen LogP contribution is -2.21. The van der Waals surface area contributed by atoms with Gasteiger partial charge < -0.3 is 4.74 Å². The Kier molecular flexibility index (Phi) is 5.79. The minimum atomic E-state index is 0.000794. The zero-order chi connectivity index (χ0) is 18.4. The van der Waals surface area contributed by atoms with Crippen LogP contribution >= 0.6 is 0 Å². The average Bonchev–Trinajstić information content (AvgIpc) is 3.10. The van der Waals surface area contributed by atoms with Crippen molar-refractivity contribution in [3.8, 4) is 0 Å². The van der Waals surface area contributed by atoms with Gasteiger partial charge in [-0.25, -0.2) is 0 Å². The fourth-order valence-corrected chi connectivity index (χ4v) is 2.98. The summed E-state index contributed by atoms with van der Waals surface area (Å²) in [4.78, 5) is 0. The fourth-order valence-electron chi connectivity index (χ4n) is 2.98. The first kappa shape index (κ1) is 17.9. The van der Waals surface area contributed by atoms with Crippen molar-refractivity contribution in [2.75, 3.05) is 0 Å². The molecule has 2 aromatic carbocycles. The highest BCUT2D eigenvalue weighted by Crippen LogP contribution is 2.14. The average molecular weight is 348 g/mol. The van der Waals surface area contributed by atoms with Crippen molar-refractivity contribution in [2.45, 2.75) is 38.8 Å². The van der Waals surface area contributed by atoms with E-state index in [1.165, 1.54) is 5.56 Å². The number of unbranched alkanes of at least 4 members (excludes halogenated alkanes) is 1. The largest absolute Gasteiger partial charge is 0.455 e. The van der Waals surface area contributed by atoms with Gasteiger partial charge in [-0.15, -0.1) is 5.10 Å². The SMILES string of the molecule is CC1=NNC(CCCCc2cccc(C(=N)C(=N)c3ccccc3)c2)O1. The molecule has 0 saturated heterocycles. The number of nitrogens with zero attached hydrogens (tertiary/aromatic N) is 1. The molecule has 5 heteroatoms. The molecule has 1 heterocycles. The second-order valence-corrected chi connectivity index (χ2v) is 6.43. The highest BCUT2D eigenvalue weighted by atomic mass is 16.5. The van der Waals surface area contributed by atoms with Gasteiger partial charge in [-0.3, -0.25) is 16.2 Å². The second-order valence-electron chi connectivity index (χ2n) is 6.43. The van der Waals surface area contributed by atoms with Crippen LogP contribution in [0.1, 0.15) is 42.9 Å². The van der Waals surface area contributed by atoms with Crippen LogP contribution in [0.5, 0.6) is 0 Å². The van der Waals surface area contributed by atoms with Crippen LogP contribution in [0.4, 0.5) is 0 Å². The molecule has 1 atom stereocenters. The Morgan fingerprint density at radius 3 is 2.46 bits per heavy atom. The van der Waals surface area contributed by atoms with Gasteiger partial charge in [0.1, 0.15) is 0 Å². The molecule has 0 bridgehead atoms. The van der Waals surface area contributed by atoms with Gasteiger partial charge >= 0.3 is 0 Å². The molecular formula is C21H24N4O. The summed E-state index contributed by atoms with van der Waals surface area (Å²) < 4.78 is 5.52. The van der Waals surface area contributed by atoms with Gasteiger partial charge in [0, 0.05) is 24.5 Å². The Hall–Kier alpha value is -2.95. The molecule has 1 aliphatic rings. The summed E-state index contributed by atoms with van der Waals surface area (Å²) in [5.74, 6) is 0.696. The molecule has 0 fully saturated rings. The van der Waals surface area contributed by atoms with E-state index in [9.17, 15) is 0 Å². The monoisotopic (exact) mass is 348 g/mol. The number of hydrogen-bond acceptors (Lipinski definition) is 5. The van der Waals surface area contributed by atoms with Gasteiger partial charge in [-0.05, 0) is 30.9 Å². The van der Waals surface area contributed by atoms with Crippen molar-refractivity contribution in [3.63, 3.8) is 0 Å². The van der Waals surface area contributed by atoms with Gasteiger partial charge in [0.05, 0.1) is 11.4 Å². The van der Waals surface area contributed by atoms with Crippen molar-refractivity contribution in [2.24, 2.45) is 5.10 Å². The first-order chi connectivity index (χ1) is 12.6. The molecule has 3 N–H and O–H groups in total. The summed E-state index contributed by atoms with van der Waals surface area (Å²) in [5.41, 5.74) is 6.24. The molecule has 0 radical (unpaired) electrons. The predicted molar refractivity (Wildman–Crippen MR) is 105 cm³/mol. The molecule has 2 aromatic rings. The highest BCUT2D eigenvalue weighted by molar-refractivity contribution is 6.51. The number of aryl methyl sites for hydroxylation is 1. The van der Waals surface area contributed by atoms with Crippen molar-refractivity contribution in [3.05, 3.63) is 71.3 Å². The zero-order valence-electron chi connectivity index (χ0n) is 15.0. The van der Waals surface area contributed by atoms with Crippen molar-refractivity contribution in [1.29, 1.82) is 10.8 Å². The smallest absolute Gasteiger partial charge is 0.204 e. The Bertz CT molecular complexity index is 814. The summed E-state index contributed by atoms with van der Waals surface area (Å²) in [5, 5.41) is 20.6. The van der Waals surface area contributed by atoms with Gasteiger partial charge in [0.25, 0.3) is 0 Å². The molecule has 0 spiro atoms. The zero-order valence-corrected chi connectivity index (χ0v) is 15.0. The highest BCUT2D eigenvalue weighted by Gasteiger charge is 2.15. The Labute approximate surface area is 154 Å². The Morgan fingerprint density at radius 1 is 1.00 bits per heavy atom. The quantitative estimate of drug-likeness (QED) is 0.495. The number of ether oxygens (including phenoxy) is 1. The minimum absolute atomic E-state index is 0.000794. The van der Waals surface area contributed by atoms with E-state index in [1.807, 2.05) is 55.5 Å². The minimum Gasteiger partial charge on any atom is -0.455 e. The standard InChI is InChI=1S/C21H24N4O/c1-15-24-25-19(26-15)13-6-5-8-16-9-7-12-18(14-16)21(23)20(22)17-10-3-2-4-11-17/h2-4,7,9-12,14,19,22-23,25H,5-6,8,13H2,1H3. The first-order valence-corrected chi connectivity index (χ1v) is 8.92. The summed E-state index contributed by atoms with van der Waals surface area (Å²) in [6, 6.07) is 17.4. The van der Waals surface area contributed by atoms with E-state index in [0.29, 0.717) is 5.90 Å². The molecule has 0 aliphatic carbocycles. The fraction of sp³-hybridized carbons (Fsp3) is 0.286. The summed E-state index contributed by atoms with van der Waals surface area (Å²) in [6.07, 6.45) is 3.97. The molecular weight excluding hydrogens is 324 g/mol. The normalized spacial score (nSPS) is 15.7. The third kappa shape index (κ3) is 4.57. The molecule has 1 aliphatic heterocycles. The number of hydrogen-bond donors (Lipinski definition) is 3. The summed E-state index contributed by atoms with van der Waals surface area (Å²) in [7, 11) is 0. The van der Waals surface area contributed by atoms with Crippen LogP contribution in [-0.4, -0.2) is 23.5 Å². The second kappa shape index (κ2) is 8.43. The summed E-state index contributed by atoms with van der Waals surface area (Å²) in [6.45, 7) is 1.85. The van der Waals surface area contributed by atoms with Crippen LogP contribution < -0.4 is 5.43 Å². The van der Waals surface area contributed by atoms with E-state index in [0.717, 1.165) is 36.8 Å². The van der Waals surface area contributed by atoms with Crippen LogP contribution in [0.3, 0.4) is 0 Å². The predicted octanol–water partition coefficient (Wildman–Crippen LogP) is 4.11. The lowest BCUT2D eigenvalue weighted by molar-refractivity contribution is 0.171. The van der Waals surface area contributed by atoms with Gasteiger partial charge in [-0.1, -0.05) is 48.5 Å². The third-order valence-electron chi connectivity index (χ3n) is 4.39. The van der Waals surface area contributed by atoms with Crippen molar-refractivity contribution in [1.82, 2.24) is 5.43 Å². The van der Waals surface area contributed by atoms with Crippen LogP contribution in [0.15, 0.2) is 59.7 Å². The molecule has 134 valence electrons. The summed E-state index contributed by atoms with van der Waals surface area (Å²) >= 11 is 0. The van der Waals surface area contributed by atoms with Crippen LogP contribution in [-0.2, 0) is 11.2 Å². The lowest BCUT2D eigenvalue weighted by atomic mass is 9.97. The molecule has 3 rings (SSSR count). The maximum Gasteiger partial charge on any atom is 0.204 e. The molecule has 0 saturated carbocycles. The topological polar surface area (TPSA) is 81.3 Å². The molecule has 26 heavy (non-hydrogen) atoms. The molecule has 0 amide bonds. The lowest BCUT2D eigenvalue weighted by Gasteiger charge is -2.11. The van der Waals surface area contributed by atoms with Gasteiger partial charge in [0.15, 0.2) is 6.23 Å². The maximum absolute atomic E-state index is 8.35. The third-order valence-corrected chi connectivity index (χ3v) is 4.39. The van der Waals surface area contributed by atoms with Gasteiger partial charge in [-0.2, -0.15) is 0 Å². The first-order valence-electron chi connectivity index (χ1n) is 8.92. The Balaban J connectivity index is 1.53. The molecule has 0 aromatic heterocycles. The van der Waals surface area contributed by atoms with Crippen molar-refractivity contribution >= 4 is 17.3 Å². The number of hydrazone groups is 1. The Morgan fingerprint density at radius 2 is 1.73 bits per heavy atom. The van der Waals surface area contributed by atoms with Gasteiger partial charge in [0.2, 0.25) is 5.90 Å². The maximum atomic E-state index is 8.35. The number of benzene rings is 2. The van der Waals surface area contributed by atoms with E-state index in [2.05, 4.69) is 16.6 Å². The number of rotatable bonds is 8. The molecule has 1 unspecified atom stereocenters. The van der Waals surface area contributed by atoms with E-state index in [4.69, 9.17) is 15.6 Å². The number of nitrogens with one attached hydrogen (secondary N) is 3. The van der Waals surface area contributed by atoms with Crippen LogP contribution in [0.2, 0.25) is 0 Å². The van der Waals surface area contributed by atoms with E-state index < -0.39 is 0 Å². The van der Waals surface area contributed by atoms with Crippen LogP contribution in [0.25, 0.3) is 0 Å². The van der Waals surface area contributed by atoms with E-state index in [1.54, 1.807) is 0 Å². The van der Waals surface area contributed by atoms with E-state index in [-0.39, 0.29) is 17.7 Å². The van der Waals surface area contributed by atoms with Crippen molar-refractivity contribution < 1.29 is 4.74 Å². The van der Waals surface area contributed by atoms with E-state index >= 15 is 0 Å². The van der Waals surface area contributed by atoms with Crippen LogP contribution in [0, 0.1) is 10.8 Å². The molecule has 5 nitrogen and oxygen atoms in total.